The largest absolute Gasteiger partial charge is 0.294 e. The lowest BCUT2D eigenvalue weighted by Gasteiger charge is -2.55. The molecule has 4 saturated carbocycles. The van der Waals surface area contributed by atoms with Crippen molar-refractivity contribution in [3.8, 4) is 0 Å². The van der Waals surface area contributed by atoms with E-state index in [1.807, 2.05) is 36.4 Å². The van der Waals surface area contributed by atoms with E-state index in [1.165, 1.54) is 19.3 Å². The highest BCUT2D eigenvalue weighted by atomic mass is 35.5. The van der Waals surface area contributed by atoms with Gasteiger partial charge in [0.25, 0.3) is 0 Å². The highest BCUT2D eigenvalue weighted by Gasteiger charge is 2.53. The van der Waals surface area contributed by atoms with Gasteiger partial charge in [0.1, 0.15) is 0 Å². The van der Waals surface area contributed by atoms with Crippen LogP contribution in [-0.4, -0.2) is 5.78 Å². The first-order valence-corrected chi connectivity index (χ1v) is 8.49. The van der Waals surface area contributed by atoms with E-state index in [0.717, 1.165) is 47.6 Å². The second-order valence-corrected chi connectivity index (χ2v) is 7.88. The molecule has 0 radical (unpaired) electrons. The van der Waals surface area contributed by atoms with Gasteiger partial charge in [-0.25, -0.2) is 0 Å². The Balaban J connectivity index is 1.53. The van der Waals surface area contributed by atoms with E-state index in [1.54, 1.807) is 0 Å². The zero-order chi connectivity index (χ0) is 14.4. The number of rotatable bonds is 3. The van der Waals surface area contributed by atoms with Gasteiger partial charge in [0, 0.05) is 10.4 Å². The molecule has 4 aliphatic rings. The van der Waals surface area contributed by atoms with Crippen molar-refractivity contribution in [2.24, 2.45) is 23.2 Å². The van der Waals surface area contributed by atoms with Gasteiger partial charge in [-0.2, -0.15) is 0 Å². The Bertz CT molecular complexity index is 549. The van der Waals surface area contributed by atoms with Gasteiger partial charge in [0.05, 0.1) is 0 Å². The fourth-order valence-electron chi connectivity index (χ4n) is 5.34. The van der Waals surface area contributed by atoms with Gasteiger partial charge in [-0.1, -0.05) is 29.8 Å². The number of hydrogen-bond acceptors (Lipinski definition) is 1. The Labute approximate surface area is 131 Å². The minimum Gasteiger partial charge on any atom is -0.294 e. The Morgan fingerprint density at radius 1 is 1.00 bits per heavy atom. The van der Waals surface area contributed by atoms with Gasteiger partial charge < -0.3 is 0 Å². The molecule has 4 aliphatic carbocycles. The molecule has 0 N–H and O–H groups in total. The molecule has 4 fully saturated rings. The summed E-state index contributed by atoms with van der Waals surface area (Å²) in [5.41, 5.74) is 1.04. The highest BCUT2D eigenvalue weighted by molar-refractivity contribution is 6.30. The molecule has 0 saturated heterocycles. The smallest absolute Gasteiger partial charge is 0.161 e. The number of benzene rings is 1. The Morgan fingerprint density at radius 2 is 1.52 bits per heavy atom. The summed E-state index contributed by atoms with van der Waals surface area (Å²) < 4.78 is 0. The van der Waals surface area contributed by atoms with E-state index in [9.17, 15) is 4.79 Å². The van der Waals surface area contributed by atoms with Crippen LogP contribution in [0.15, 0.2) is 30.3 Å². The summed E-state index contributed by atoms with van der Waals surface area (Å²) in [7, 11) is 0. The average molecular weight is 301 g/mol. The number of allylic oxidation sites excluding steroid dienone is 1. The third kappa shape index (κ3) is 2.46. The first kappa shape index (κ1) is 13.6. The van der Waals surface area contributed by atoms with E-state index in [2.05, 4.69) is 0 Å². The highest BCUT2D eigenvalue weighted by Crippen LogP contribution is 2.60. The van der Waals surface area contributed by atoms with Gasteiger partial charge >= 0.3 is 0 Å². The Morgan fingerprint density at radius 3 is 2.05 bits per heavy atom. The second-order valence-electron chi connectivity index (χ2n) is 7.45. The molecule has 4 bridgehead atoms. The van der Waals surface area contributed by atoms with Gasteiger partial charge in [0.2, 0.25) is 0 Å². The lowest BCUT2D eigenvalue weighted by Crippen LogP contribution is -2.49. The molecular weight excluding hydrogens is 280 g/mol. The maximum absolute atomic E-state index is 12.8. The zero-order valence-electron chi connectivity index (χ0n) is 12.2. The average Bonchev–Trinajstić information content (AvgIpc) is 2.45. The number of carbonyl (C=O) groups is 1. The Hall–Kier alpha value is -1.08. The van der Waals surface area contributed by atoms with Crippen LogP contribution in [0.25, 0.3) is 6.08 Å². The summed E-state index contributed by atoms with van der Waals surface area (Å²) >= 11 is 5.89. The summed E-state index contributed by atoms with van der Waals surface area (Å²) in [5.74, 6) is 2.84. The first-order valence-electron chi connectivity index (χ1n) is 8.11. The Kier molecular flexibility index (Phi) is 3.22. The van der Waals surface area contributed by atoms with Gasteiger partial charge in [-0.15, -0.1) is 0 Å². The van der Waals surface area contributed by atoms with Crippen molar-refractivity contribution < 1.29 is 4.79 Å². The van der Waals surface area contributed by atoms with Crippen LogP contribution in [0.1, 0.15) is 44.1 Å². The lowest BCUT2D eigenvalue weighted by atomic mass is 9.48. The molecule has 5 rings (SSSR count). The number of hydrogen-bond donors (Lipinski definition) is 0. The predicted molar refractivity (Wildman–Crippen MR) is 86.1 cm³/mol. The normalized spacial score (nSPS) is 37.3. The van der Waals surface area contributed by atoms with Crippen molar-refractivity contribution in [2.45, 2.75) is 38.5 Å². The van der Waals surface area contributed by atoms with Crippen LogP contribution in [0.2, 0.25) is 5.02 Å². The quantitative estimate of drug-likeness (QED) is 0.707. The summed E-state index contributed by atoms with van der Waals surface area (Å²) in [4.78, 5) is 12.8. The third-order valence-corrected chi connectivity index (χ3v) is 6.11. The standard InChI is InChI=1S/C19H21ClO/c20-17-4-1-13(2-5-17)3-6-18(21)19-10-14-7-15(11-19)9-16(8-14)12-19/h1-6,14-16H,7-12H2. The van der Waals surface area contributed by atoms with Crippen molar-refractivity contribution in [1.29, 1.82) is 0 Å². The molecule has 1 aromatic carbocycles. The molecule has 2 heteroatoms. The molecule has 1 aromatic rings. The molecule has 0 unspecified atom stereocenters. The predicted octanol–water partition coefficient (Wildman–Crippen LogP) is 5.14. The van der Waals surface area contributed by atoms with Crippen LogP contribution in [-0.2, 0) is 4.79 Å². The van der Waals surface area contributed by atoms with Crippen LogP contribution < -0.4 is 0 Å². The third-order valence-electron chi connectivity index (χ3n) is 5.86. The van der Waals surface area contributed by atoms with Crippen LogP contribution in [0.5, 0.6) is 0 Å². The molecule has 0 heterocycles. The molecule has 0 aromatic heterocycles. The summed E-state index contributed by atoms with van der Waals surface area (Å²) in [6.45, 7) is 0. The lowest BCUT2D eigenvalue weighted by molar-refractivity contribution is -0.138. The van der Waals surface area contributed by atoms with E-state index in [-0.39, 0.29) is 5.41 Å². The number of halogens is 1. The van der Waals surface area contributed by atoms with Crippen molar-refractivity contribution in [1.82, 2.24) is 0 Å². The van der Waals surface area contributed by atoms with Crippen molar-refractivity contribution >= 4 is 23.5 Å². The van der Waals surface area contributed by atoms with Gasteiger partial charge in [-0.05, 0) is 80.1 Å². The minimum atomic E-state index is -0.0162. The summed E-state index contributed by atoms with van der Waals surface area (Å²) in [6, 6.07) is 7.67. The maximum atomic E-state index is 12.8. The molecule has 0 spiro atoms. The van der Waals surface area contributed by atoms with E-state index in [4.69, 9.17) is 11.6 Å². The molecule has 0 aliphatic heterocycles. The molecule has 21 heavy (non-hydrogen) atoms. The SMILES string of the molecule is O=C(C=Cc1ccc(Cl)cc1)C12CC3CC(CC(C3)C1)C2. The first-order chi connectivity index (χ1) is 10.1. The molecule has 1 nitrogen and oxygen atoms in total. The van der Waals surface area contributed by atoms with Crippen LogP contribution in [0, 0.1) is 23.2 Å². The zero-order valence-corrected chi connectivity index (χ0v) is 13.0. The summed E-state index contributed by atoms with van der Waals surface area (Å²) in [5, 5.41) is 0.736. The van der Waals surface area contributed by atoms with Crippen LogP contribution >= 0.6 is 11.6 Å². The molecular formula is C19H21ClO. The number of ketones is 1. The monoisotopic (exact) mass is 300 g/mol. The van der Waals surface area contributed by atoms with Crippen LogP contribution in [0.4, 0.5) is 0 Å². The second kappa shape index (κ2) is 4.98. The fourth-order valence-corrected chi connectivity index (χ4v) is 5.46. The van der Waals surface area contributed by atoms with Gasteiger partial charge in [0.15, 0.2) is 5.78 Å². The topological polar surface area (TPSA) is 17.1 Å². The van der Waals surface area contributed by atoms with Crippen molar-refractivity contribution in [2.75, 3.05) is 0 Å². The molecule has 0 atom stereocenters. The van der Waals surface area contributed by atoms with Crippen molar-refractivity contribution in [3.05, 3.63) is 40.9 Å². The van der Waals surface area contributed by atoms with E-state index >= 15 is 0 Å². The van der Waals surface area contributed by atoms with E-state index < -0.39 is 0 Å². The number of carbonyl (C=O) groups excluding carboxylic acids is 1. The van der Waals surface area contributed by atoms with E-state index in [0.29, 0.717) is 5.78 Å². The summed E-state index contributed by atoms with van der Waals surface area (Å²) in [6.07, 6.45) is 11.4. The van der Waals surface area contributed by atoms with Gasteiger partial charge in [-0.3, -0.25) is 4.79 Å². The van der Waals surface area contributed by atoms with Crippen molar-refractivity contribution in [3.63, 3.8) is 0 Å². The molecule has 110 valence electrons. The minimum absolute atomic E-state index is 0.0162. The fraction of sp³-hybridized carbons (Fsp3) is 0.526. The van der Waals surface area contributed by atoms with Crippen LogP contribution in [0.3, 0.4) is 0 Å². The molecule has 0 amide bonds. The maximum Gasteiger partial charge on any atom is 0.161 e.